The molecule has 0 aromatic heterocycles. The summed E-state index contributed by atoms with van der Waals surface area (Å²) in [5, 5.41) is 20.4. The molecule has 0 radical (unpaired) electrons. The Hall–Kier alpha value is -1.44. The van der Waals surface area contributed by atoms with Gasteiger partial charge in [-0.15, -0.1) is 0 Å². The molecule has 2 saturated carbocycles. The van der Waals surface area contributed by atoms with E-state index < -0.39 is 40.6 Å². The Kier molecular flexibility index (Phi) is 3.64. The molecule has 7 atom stereocenters. The minimum atomic E-state index is -1.22. The zero-order chi connectivity index (χ0) is 16.6. The molecule has 1 saturated heterocycles. The Labute approximate surface area is 139 Å². The van der Waals surface area contributed by atoms with Gasteiger partial charge in [0.2, 0.25) is 0 Å². The van der Waals surface area contributed by atoms with Crippen LogP contribution in [0, 0.1) is 22.7 Å². The van der Waals surface area contributed by atoms with Crippen molar-refractivity contribution in [3.8, 4) is 0 Å². The molecule has 134 valence electrons. The van der Waals surface area contributed by atoms with Crippen LogP contribution in [-0.2, 0) is 19.1 Å². The third-order valence-electron chi connectivity index (χ3n) is 6.95. The minimum Gasteiger partial charge on any atom is -0.468 e. The molecular weight excluding hydrogens is 316 g/mol. The van der Waals surface area contributed by atoms with Crippen LogP contribution in [0.2, 0.25) is 0 Å². The molecule has 1 spiro atoms. The van der Waals surface area contributed by atoms with Gasteiger partial charge in [0, 0.05) is 23.7 Å². The van der Waals surface area contributed by atoms with Crippen LogP contribution in [0.25, 0.3) is 0 Å². The normalized spacial score (nSPS) is 51.2. The van der Waals surface area contributed by atoms with E-state index in [1.54, 1.807) is 0 Å². The first-order valence-corrected chi connectivity index (χ1v) is 8.17. The molecule has 1 aliphatic heterocycles. The van der Waals surface area contributed by atoms with Crippen molar-refractivity contribution < 1.29 is 34.8 Å². The highest BCUT2D eigenvalue weighted by atomic mass is 16.6. The lowest BCUT2D eigenvalue weighted by atomic mass is 9.52. The van der Waals surface area contributed by atoms with Gasteiger partial charge in [0.05, 0.1) is 19.3 Å². The standard InChI is InChI=1S/C17H22O6.H2O/c1-15-6-5-11(18)12(19)10(15)4-3-9-7-16(13(20)22-2)8-17(9,15)23-14(16)21;/h3-4,9-12,18-19H,5-8H2,1-2H3;1H2/t9-,10-,11+,12-,15+,16-,17-;/m1./s1. The Morgan fingerprint density at radius 3 is 2.75 bits per heavy atom. The van der Waals surface area contributed by atoms with Gasteiger partial charge in [0.1, 0.15) is 5.60 Å². The summed E-state index contributed by atoms with van der Waals surface area (Å²) >= 11 is 0. The summed E-state index contributed by atoms with van der Waals surface area (Å²) in [7, 11) is 1.29. The number of hydrogen-bond acceptors (Lipinski definition) is 6. The summed E-state index contributed by atoms with van der Waals surface area (Å²) in [4.78, 5) is 24.8. The van der Waals surface area contributed by atoms with Gasteiger partial charge in [-0.2, -0.15) is 0 Å². The summed E-state index contributed by atoms with van der Waals surface area (Å²) in [5.41, 5.74) is -2.51. The molecule has 7 heteroatoms. The zero-order valence-electron chi connectivity index (χ0n) is 13.8. The number of fused-ring (bicyclic) bond motifs is 2. The highest BCUT2D eigenvalue weighted by Crippen LogP contribution is 2.69. The highest BCUT2D eigenvalue weighted by Gasteiger charge is 2.77. The number of esters is 2. The van der Waals surface area contributed by atoms with E-state index in [2.05, 4.69) is 0 Å². The first-order chi connectivity index (χ1) is 10.8. The molecule has 0 aromatic carbocycles. The Morgan fingerprint density at radius 2 is 2.08 bits per heavy atom. The van der Waals surface area contributed by atoms with Gasteiger partial charge in [-0.25, -0.2) is 0 Å². The van der Waals surface area contributed by atoms with Gasteiger partial charge in [-0.1, -0.05) is 19.1 Å². The van der Waals surface area contributed by atoms with E-state index in [9.17, 15) is 19.8 Å². The maximum Gasteiger partial charge on any atom is 0.324 e. The van der Waals surface area contributed by atoms with Crippen LogP contribution in [0.15, 0.2) is 12.2 Å². The quantitative estimate of drug-likeness (QED) is 0.385. The first kappa shape index (κ1) is 17.4. The van der Waals surface area contributed by atoms with Crippen LogP contribution < -0.4 is 0 Å². The molecule has 24 heavy (non-hydrogen) atoms. The summed E-state index contributed by atoms with van der Waals surface area (Å²) in [6.45, 7) is 2.01. The fraction of sp³-hybridized carbons (Fsp3) is 0.765. The average molecular weight is 340 g/mol. The van der Waals surface area contributed by atoms with Crippen molar-refractivity contribution in [2.24, 2.45) is 22.7 Å². The van der Waals surface area contributed by atoms with Crippen LogP contribution in [0.3, 0.4) is 0 Å². The molecule has 4 aliphatic rings. The molecular formula is C17H24O7. The fourth-order valence-electron chi connectivity index (χ4n) is 5.60. The van der Waals surface area contributed by atoms with Crippen molar-refractivity contribution in [1.29, 1.82) is 0 Å². The third kappa shape index (κ3) is 1.67. The van der Waals surface area contributed by atoms with E-state index in [-0.39, 0.29) is 17.3 Å². The number of methoxy groups -OCH3 is 1. The molecule has 1 heterocycles. The predicted octanol–water partition coefficient (Wildman–Crippen LogP) is -0.265. The number of hydrogen-bond donors (Lipinski definition) is 2. The monoisotopic (exact) mass is 340 g/mol. The molecule has 4 N–H and O–H groups in total. The van der Waals surface area contributed by atoms with Crippen molar-refractivity contribution in [3.05, 3.63) is 12.2 Å². The highest BCUT2D eigenvalue weighted by molar-refractivity contribution is 6.03. The van der Waals surface area contributed by atoms with Gasteiger partial charge in [-0.05, 0) is 19.3 Å². The fourth-order valence-corrected chi connectivity index (χ4v) is 5.60. The van der Waals surface area contributed by atoms with Crippen molar-refractivity contribution >= 4 is 11.9 Å². The number of rotatable bonds is 1. The number of carbonyl (C=O) groups excluding carboxylic acids is 2. The predicted molar refractivity (Wildman–Crippen MR) is 81.6 cm³/mol. The van der Waals surface area contributed by atoms with Crippen LogP contribution in [0.1, 0.15) is 32.6 Å². The van der Waals surface area contributed by atoms with Gasteiger partial charge in [0.25, 0.3) is 0 Å². The Bertz CT molecular complexity index is 616. The number of aliphatic hydroxyl groups is 2. The molecule has 0 amide bonds. The first-order valence-electron chi connectivity index (χ1n) is 8.17. The largest absolute Gasteiger partial charge is 0.468 e. The van der Waals surface area contributed by atoms with E-state index >= 15 is 0 Å². The lowest BCUT2D eigenvalue weighted by Gasteiger charge is -2.57. The number of carbonyl (C=O) groups is 2. The molecule has 4 rings (SSSR count). The summed E-state index contributed by atoms with van der Waals surface area (Å²) in [6.07, 6.45) is 4.03. The second-order valence-corrected chi connectivity index (χ2v) is 7.76. The number of aliphatic hydroxyl groups excluding tert-OH is 2. The zero-order valence-corrected chi connectivity index (χ0v) is 13.8. The van der Waals surface area contributed by atoms with E-state index in [0.29, 0.717) is 25.7 Å². The van der Waals surface area contributed by atoms with Crippen LogP contribution in [-0.4, -0.2) is 52.5 Å². The lowest BCUT2D eigenvalue weighted by molar-refractivity contribution is -0.206. The second-order valence-electron chi connectivity index (χ2n) is 7.76. The second kappa shape index (κ2) is 5.03. The van der Waals surface area contributed by atoms with Crippen molar-refractivity contribution in [2.75, 3.05) is 7.11 Å². The molecule has 0 unspecified atom stereocenters. The van der Waals surface area contributed by atoms with E-state index in [1.165, 1.54) is 7.11 Å². The van der Waals surface area contributed by atoms with Gasteiger partial charge in [-0.3, -0.25) is 9.59 Å². The average Bonchev–Trinajstić information content (AvgIpc) is 3.02. The van der Waals surface area contributed by atoms with Crippen LogP contribution >= 0.6 is 0 Å². The topological polar surface area (TPSA) is 125 Å². The summed E-state index contributed by atoms with van der Waals surface area (Å²) in [5.74, 6) is -1.37. The molecule has 7 nitrogen and oxygen atoms in total. The number of ether oxygens (including phenoxy) is 2. The Balaban J connectivity index is 0.00000169. The van der Waals surface area contributed by atoms with Crippen molar-refractivity contribution in [1.82, 2.24) is 0 Å². The van der Waals surface area contributed by atoms with E-state index in [4.69, 9.17) is 9.47 Å². The smallest absolute Gasteiger partial charge is 0.324 e. The van der Waals surface area contributed by atoms with Crippen molar-refractivity contribution in [3.63, 3.8) is 0 Å². The van der Waals surface area contributed by atoms with Crippen molar-refractivity contribution in [2.45, 2.75) is 50.4 Å². The SMILES string of the molecule is COC(=O)[C@@]12C[C@H]3C=C[C@@H]4[C@@H](O)[C@@H](O)CC[C@]4(C)[C@]3(C1)OC2=O.O. The lowest BCUT2D eigenvalue weighted by Crippen LogP contribution is -2.62. The van der Waals surface area contributed by atoms with Crippen LogP contribution in [0.4, 0.5) is 0 Å². The third-order valence-corrected chi connectivity index (χ3v) is 6.95. The van der Waals surface area contributed by atoms with Crippen LogP contribution in [0.5, 0.6) is 0 Å². The van der Waals surface area contributed by atoms with Gasteiger partial charge < -0.3 is 25.2 Å². The molecule has 0 aromatic rings. The maximum atomic E-state index is 12.5. The summed E-state index contributed by atoms with van der Waals surface area (Å²) < 4.78 is 10.7. The molecule has 3 aliphatic carbocycles. The summed E-state index contributed by atoms with van der Waals surface area (Å²) in [6, 6.07) is 0. The Morgan fingerprint density at radius 1 is 1.38 bits per heavy atom. The van der Waals surface area contributed by atoms with E-state index in [1.807, 2.05) is 19.1 Å². The van der Waals surface area contributed by atoms with Gasteiger partial charge in [0.15, 0.2) is 5.41 Å². The molecule has 3 fully saturated rings. The minimum absolute atomic E-state index is 0. The maximum absolute atomic E-state index is 12.5. The molecule has 2 bridgehead atoms. The van der Waals surface area contributed by atoms with E-state index in [0.717, 1.165) is 0 Å². The van der Waals surface area contributed by atoms with Gasteiger partial charge >= 0.3 is 11.9 Å².